The number of fused-ring (bicyclic) bond motifs is 1. The van der Waals surface area contributed by atoms with Gasteiger partial charge in [-0.15, -0.1) is 0 Å². The largest absolute Gasteiger partial charge is 0.329 e. The van der Waals surface area contributed by atoms with Gasteiger partial charge in [0.15, 0.2) is 0 Å². The Morgan fingerprint density at radius 3 is 2.42 bits per heavy atom. The van der Waals surface area contributed by atoms with Gasteiger partial charge in [0.2, 0.25) is 0 Å². The highest BCUT2D eigenvalue weighted by molar-refractivity contribution is 5.46. The molecule has 2 nitrogen and oxygen atoms in total. The third-order valence-corrected chi connectivity index (χ3v) is 5.19. The first kappa shape index (κ1) is 17.1. The Balaban J connectivity index is 2.16. The summed E-state index contributed by atoms with van der Waals surface area (Å²) in [7, 11) is 2.08. The summed E-state index contributed by atoms with van der Waals surface area (Å²) in [6.07, 6.45) is 0. The fraction of sp³-hybridized carbons (Fsp3) is 0.429. The lowest BCUT2D eigenvalue weighted by Gasteiger charge is -2.40. The van der Waals surface area contributed by atoms with Crippen LogP contribution in [-0.2, 0) is 5.41 Å². The van der Waals surface area contributed by atoms with Crippen LogP contribution in [0.25, 0.3) is 0 Å². The van der Waals surface area contributed by atoms with Crippen molar-refractivity contribution in [1.82, 2.24) is 4.90 Å². The van der Waals surface area contributed by atoms with Gasteiger partial charge in [0, 0.05) is 25.0 Å². The van der Waals surface area contributed by atoms with Crippen molar-refractivity contribution in [3.05, 3.63) is 70.5 Å². The summed E-state index contributed by atoms with van der Waals surface area (Å²) in [4.78, 5) is 2.26. The fourth-order valence-corrected chi connectivity index (χ4v) is 3.73. The molecule has 0 aromatic heterocycles. The molecule has 128 valence electrons. The van der Waals surface area contributed by atoms with E-state index in [1.54, 1.807) is 12.1 Å². The molecule has 24 heavy (non-hydrogen) atoms. The van der Waals surface area contributed by atoms with Gasteiger partial charge in [0.05, 0.1) is 0 Å². The summed E-state index contributed by atoms with van der Waals surface area (Å²) >= 11 is 0. The van der Waals surface area contributed by atoms with Crippen molar-refractivity contribution >= 4 is 0 Å². The van der Waals surface area contributed by atoms with E-state index < -0.39 is 0 Å². The molecular weight excluding hydrogens is 299 g/mol. The van der Waals surface area contributed by atoms with Crippen LogP contribution in [-0.4, -0.2) is 25.0 Å². The molecule has 1 aliphatic heterocycles. The van der Waals surface area contributed by atoms with Gasteiger partial charge in [-0.2, -0.15) is 0 Å². The average molecular weight is 326 g/mol. The van der Waals surface area contributed by atoms with Crippen molar-refractivity contribution in [3.8, 4) is 0 Å². The van der Waals surface area contributed by atoms with E-state index in [2.05, 4.69) is 50.9 Å². The van der Waals surface area contributed by atoms with Crippen LogP contribution >= 0.6 is 0 Å². The minimum absolute atomic E-state index is 0.0445. The highest BCUT2D eigenvalue weighted by Gasteiger charge is 2.33. The first-order valence-electron chi connectivity index (χ1n) is 8.62. The van der Waals surface area contributed by atoms with Crippen LogP contribution in [0, 0.1) is 5.82 Å². The molecule has 2 unspecified atom stereocenters. The van der Waals surface area contributed by atoms with Gasteiger partial charge in [0.25, 0.3) is 0 Å². The van der Waals surface area contributed by atoms with Crippen molar-refractivity contribution in [2.75, 3.05) is 20.1 Å². The SMILES string of the molecule is CN1CC(c2ccccc2F)c2ccc(C(C)(C)C)cc2C1CN. The van der Waals surface area contributed by atoms with Crippen molar-refractivity contribution in [3.63, 3.8) is 0 Å². The second-order valence-electron chi connectivity index (χ2n) is 7.86. The average Bonchev–Trinajstić information content (AvgIpc) is 2.53. The number of hydrogen-bond donors (Lipinski definition) is 1. The number of halogens is 1. The van der Waals surface area contributed by atoms with Gasteiger partial charge in [-0.25, -0.2) is 4.39 Å². The summed E-state index contributed by atoms with van der Waals surface area (Å²) in [6.45, 7) is 8.00. The Morgan fingerprint density at radius 1 is 1.08 bits per heavy atom. The van der Waals surface area contributed by atoms with Crippen molar-refractivity contribution in [2.24, 2.45) is 5.73 Å². The maximum Gasteiger partial charge on any atom is 0.127 e. The zero-order valence-corrected chi connectivity index (χ0v) is 15.0. The van der Waals surface area contributed by atoms with E-state index in [4.69, 9.17) is 5.73 Å². The third kappa shape index (κ3) is 2.99. The summed E-state index contributed by atoms with van der Waals surface area (Å²) in [6, 6.07) is 13.9. The fourth-order valence-electron chi connectivity index (χ4n) is 3.73. The zero-order valence-electron chi connectivity index (χ0n) is 15.0. The molecule has 0 radical (unpaired) electrons. The summed E-state index contributed by atoms with van der Waals surface area (Å²) in [5.41, 5.74) is 10.7. The summed E-state index contributed by atoms with van der Waals surface area (Å²) < 4.78 is 14.4. The van der Waals surface area contributed by atoms with Crippen molar-refractivity contribution in [2.45, 2.75) is 38.1 Å². The van der Waals surface area contributed by atoms with Gasteiger partial charge >= 0.3 is 0 Å². The van der Waals surface area contributed by atoms with E-state index in [1.165, 1.54) is 16.7 Å². The van der Waals surface area contributed by atoms with Crippen LogP contribution < -0.4 is 5.73 Å². The van der Waals surface area contributed by atoms with Gasteiger partial charge in [-0.3, -0.25) is 4.90 Å². The topological polar surface area (TPSA) is 29.3 Å². The minimum atomic E-state index is -0.132. The molecule has 2 aromatic carbocycles. The smallest absolute Gasteiger partial charge is 0.127 e. The lowest BCUT2D eigenvalue weighted by Crippen LogP contribution is -2.39. The second kappa shape index (κ2) is 6.30. The first-order valence-corrected chi connectivity index (χ1v) is 8.62. The van der Waals surface area contributed by atoms with Gasteiger partial charge in [0.1, 0.15) is 5.82 Å². The number of benzene rings is 2. The number of hydrogen-bond acceptors (Lipinski definition) is 2. The summed E-state index contributed by atoms with van der Waals surface area (Å²) in [5, 5.41) is 0. The Bertz CT molecular complexity index is 733. The molecule has 1 heterocycles. The van der Waals surface area contributed by atoms with Crippen LogP contribution in [0.3, 0.4) is 0 Å². The van der Waals surface area contributed by atoms with Gasteiger partial charge in [-0.05, 0) is 40.8 Å². The Hall–Kier alpha value is -1.71. The van der Waals surface area contributed by atoms with Gasteiger partial charge in [-0.1, -0.05) is 57.2 Å². The maximum absolute atomic E-state index is 14.4. The molecule has 0 bridgehead atoms. The molecule has 0 saturated carbocycles. The van der Waals surface area contributed by atoms with Crippen LogP contribution in [0.4, 0.5) is 4.39 Å². The van der Waals surface area contributed by atoms with Crippen LogP contribution in [0.5, 0.6) is 0 Å². The predicted molar refractivity (Wildman–Crippen MR) is 97.8 cm³/mol. The Morgan fingerprint density at radius 2 is 1.79 bits per heavy atom. The minimum Gasteiger partial charge on any atom is -0.329 e. The number of rotatable bonds is 2. The van der Waals surface area contributed by atoms with E-state index in [9.17, 15) is 4.39 Å². The van der Waals surface area contributed by atoms with E-state index in [-0.39, 0.29) is 23.2 Å². The van der Waals surface area contributed by atoms with Crippen LogP contribution in [0.2, 0.25) is 0 Å². The van der Waals surface area contributed by atoms with Crippen LogP contribution in [0.1, 0.15) is 55.0 Å². The molecule has 3 heteroatoms. The normalized spacial score (nSPS) is 21.6. The molecule has 3 rings (SSSR count). The van der Waals surface area contributed by atoms with Crippen molar-refractivity contribution < 1.29 is 4.39 Å². The Kier molecular flexibility index (Phi) is 4.50. The molecular formula is C21H27FN2. The highest BCUT2D eigenvalue weighted by Crippen LogP contribution is 2.40. The molecule has 2 aromatic rings. The quantitative estimate of drug-likeness (QED) is 0.896. The highest BCUT2D eigenvalue weighted by atomic mass is 19.1. The number of nitrogens with zero attached hydrogens (tertiary/aromatic N) is 1. The molecule has 0 spiro atoms. The number of likely N-dealkylation sites (N-methyl/N-ethyl adjacent to an activating group) is 1. The van der Waals surface area contributed by atoms with E-state index in [0.29, 0.717) is 6.54 Å². The molecule has 0 saturated heterocycles. The first-order chi connectivity index (χ1) is 11.3. The predicted octanol–water partition coefficient (Wildman–Crippen LogP) is 4.20. The second-order valence-corrected chi connectivity index (χ2v) is 7.86. The molecule has 2 N–H and O–H groups in total. The molecule has 2 atom stereocenters. The van der Waals surface area contributed by atoms with Gasteiger partial charge < -0.3 is 5.73 Å². The molecule has 0 fully saturated rings. The monoisotopic (exact) mass is 326 g/mol. The van der Waals surface area contributed by atoms with Crippen LogP contribution in [0.15, 0.2) is 42.5 Å². The van der Waals surface area contributed by atoms with E-state index >= 15 is 0 Å². The number of nitrogens with two attached hydrogens (primary N) is 1. The van der Waals surface area contributed by atoms with Crippen molar-refractivity contribution in [1.29, 1.82) is 0 Å². The lowest BCUT2D eigenvalue weighted by molar-refractivity contribution is 0.222. The molecule has 0 aliphatic carbocycles. The maximum atomic E-state index is 14.4. The zero-order chi connectivity index (χ0) is 17.5. The summed E-state index contributed by atoms with van der Waals surface area (Å²) in [5.74, 6) is -0.0871. The van der Waals surface area contributed by atoms with E-state index in [0.717, 1.165) is 12.1 Å². The molecule has 0 amide bonds. The van der Waals surface area contributed by atoms with E-state index in [1.807, 2.05) is 12.1 Å². The lowest BCUT2D eigenvalue weighted by atomic mass is 9.77. The third-order valence-electron chi connectivity index (χ3n) is 5.19. The molecule has 1 aliphatic rings. The Labute approximate surface area is 144 Å². The standard InChI is InChI=1S/C21H27FN2/c1-21(2,3)14-9-10-15-17(11-14)20(12-23)24(4)13-18(15)16-7-5-6-8-19(16)22/h5-11,18,20H,12-13,23H2,1-4H3.